The normalized spacial score (nSPS) is 13.7. The van der Waals surface area contributed by atoms with Gasteiger partial charge >= 0.3 is 0 Å². The zero-order valence-electron chi connectivity index (χ0n) is 17.2. The summed E-state index contributed by atoms with van der Waals surface area (Å²) in [4.78, 5) is 27.9. The van der Waals surface area contributed by atoms with E-state index in [9.17, 15) is 14.0 Å². The Morgan fingerprint density at radius 2 is 1.65 bits per heavy atom. The Labute approximate surface area is 179 Å². The first-order chi connectivity index (χ1) is 15.0. The second-order valence-electron chi connectivity index (χ2n) is 7.08. The number of aryl methyl sites for hydroxylation is 1. The highest BCUT2D eigenvalue weighted by Gasteiger charge is 2.40. The van der Waals surface area contributed by atoms with E-state index in [1.54, 1.807) is 49.6 Å². The van der Waals surface area contributed by atoms with Gasteiger partial charge in [-0.25, -0.2) is 9.29 Å². The minimum atomic E-state index is -0.496. The molecule has 0 spiro atoms. The number of benzene rings is 3. The molecule has 3 aromatic carbocycles. The van der Waals surface area contributed by atoms with Crippen LogP contribution in [0.2, 0.25) is 0 Å². The van der Waals surface area contributed by atoms with Crippen LogP contribution in [0.4, 0.5) is 15.8 Å². The van der Waals surface area contributed by atoms with Crippen molar-refractivity contribution in [3.05, 3.63) is 95.4 Å². The van der Waals surface area contributed by atoms with Gasteiger partial charge in [-0.15, -0.1) is 0 Å². The number of hydrogen-bond acceptors (Lipinski definition) is 4. The van der Waals surface area contributed by atoms with Crippen LogP contribution >= 0.6 is 0 Å². The Bertz CT molecular complexity index is 1170. The van der Waals surface area contributed by atoms with E-state index in [0.717, 1.165) is 16.9 Å². The van der Waals surface area contributed by atoms with Crippen molar-refractivity contribution in [2.45, 2.75) is 13.3 Å². The van der Waals surface area contributed by atoms with Gasteiger partial charge in [0.25, 0.3) is 11.8 Å². The van der Waals surface area contributed by atoms with Crippen molar-refractivity contribution >= 4 is 28.8 Å². The van der Waals surface area contributed by atoms with Crippen LogP contribution in [0.1, 0.15) is 18.1 Å². The summed E-state index contributed by atoms with van der Waals surface area (Å²) in [5, 5.41) is 2.96. The van der Waals surface area contributed by atoms with E-state index in [1.165, 1.54) is 18.2 Å². The van der Waals surface area contributed by atoms with Gasteiger partial charge in [0.2, 0.25) is 0 Å². The Morgan fingerprint density at radius 3 is 2.26 bits per heavy atom. The van der Waals surface area contributed by atoms with Crippen molar-refractivity contribution in [2.24, 2.45) is 0 Å². The lowest BCUT2D eigenvalue weighted by Gasteiger charge is -2.16. The fourth-order valence-corrected chi connectivity index (χ4v) is 3.50. The number of methoxy groups -OCH3 is 1. The molecule has 3 aromatic rings. The van der Waals surface area contributed by atoms with Crippen molar-refractivity contribution in [3.8, 4) is 5.75 Å². The first-order valence-corrected chi connectivity index (χ1v) is 9.91. The Balaban J connectivity index is 1.79. The molecule has 1 aliphatic heterocycles. The van der Waals surface area contributed by atoms with Gasteiger partial charge in [0.05, 0.1) is 18.4 Å². The molecular formula is C25H21FN2O3. The number of amides is 2. The molecule has 0 saturated carbocycles. The summed E-state index contributed by atoms with van der Waals surface area (Å²) in [7, 11) is 1.55. The van der Waals surface area contributed by atoms with Crippen molar-refractivity contribution in [1.29, 1.82) is 0 Å². The Hall–Kier alpha value is -3.93. The van der Waals surface area contributed by atoms with Crippen molar-refractivity contribution in [1.82, 2.24) is 0 Å². The second-order valence-corrected chi connectivity index (χ2v) is 7.08. The third-order valence-corrected chi connectivity index (χ3v) is 5.16. The van der Waals surface area contributed by atoms with Gasteiger partial charge in [-0.1, -0.05) is 37.3 Å². The largest absolute Gasteiger partial charge is 0.497 e. The van der Waals surface area contributed by atoms with Gasteiger partial charge in [0.15, 0.2) is 0 Å². The fourth-order valence-electron chi connectivity index (χ4n) is 3.50. The molecule has 1 heterocycles. The molecule has 1 aliphatic rings. The second kappa shape index (κ2) is 8.44. The first kappa shape index (κ1) is 20.3. The summed E-state index contributed by atoms with van der Waals surface area (Å²) < 4.78 is 18.9. The monoisotopic (exact) mass is 416 g/mol. The van der Waals surface area contributed by atoms with Gasteiger partial charge < -0.3 is 10.1 Å². The molecule has 4 rings (SSSR count). The molecule has 0 fully saturated rings. The van der Waals surface area contributed by atoms with Crippen LogP contribution < -0.4 is 15.0 Å². The lowest BCUT2D eigenvalue weighted by molar-refractivity contribution is -0.120. The summed E-state index contributed by atoms with van der Waals surface area (Å²) >= 11 is 0. The summed E-state index contributed by atoms with van der Waals surface area (Å²) in [6, 6.07) is 19.9. The van der Waals surface area contributed by atoms with Crippen molar-refractivity contribution in [3.63, 3.8) is 0 Å². The Kier molecular flexibility index (Phi) is 5.54. The number of carbonyl (C=O) groups is 2. The predicted molar refractivity (Wildman–Crippen MR) is 118 cm³/mol. The van der Waals surface area contributed by atoms with E-state index < -0.39 is 17.6 Å². The fraction of sp³-hybridized carbons (Fsp3) is 0.120. The summed E-state index contributed by atoms with van der Waals surface area (Å²) in [6.07, 6.45) is 0.851. The molecule has 0 saturated heterocycles. The number of anilines is 2. The third-order valence-electron chi connectivity index (χ3n) is 5.16. The highest BCUT2D eigenvalue weighted by Crippen LogP contribution is 2.34. The van der Waals surface area contributed by atoms with Crippen LogP contribution in [0.15, 0.2) is 78.5 Å². The molecule has 0 unspecified atom stereocenters. The lowest BCUT2D eigenvalue weighted by Crippen LogP contribution is -2.32. The smallest absolute Gasteiger partial charge is 0.282 e. The van der Waals surface area contributed by atoms with E-state index in [1.807, 2.05) is 19.1 Å². The summed E-state index contributed by atoms with van der Waals surface area (Å²) in [5.74, 6) is -0.754. The number of carbonyl (C=O) groups excluding carboxylic acids is 2. The molecule has 6 heteroatoms. The van der Waals surface area contributed by atoms with E-state index in [4.69, 9.17) is 4.74 Å². The van der Waals surface area contributed by atoms with Crippen LogP contribution in [0.25, 0.3) is 5.57 Å². The number of halogens is 1. The molecule has 0 atom stereocenters. The van der Waals surface area contributed by atoms with Crippen LogP contribution in [-0.4, -0.2) is 18.9 Å². The number of imide groups is 1. The molecule has 0 radical (unpaired) electrons. The number of hydrogen-bond donors (Lipinski definition) is 1. The average molecular weight is 416 g/mol. The Morgan fingerprint density at radius 1 is 0.935 bits per heavy atom. The molecule has 5 nitrogen and oxygen atoms in total. The number of nitrogens with one attached hydrogen (secondary N) is 1. The van der Waals surface area contributed by atoms with E-state index in [0.29, 0.717) is 22.7 Å². The van der Waals surface area contributed by atoms with Gasteiger partial charge in [-0.05, 0) is 60.0 Å². The quantitative estimate of drug-likeness (QED) is 0.587. The third kappa shape index (κ3) is 3.92. The minimum Gasteiger partial charge on any atom is -0.497 e. The van der Waals surface area contributed by atoms with Crippen LogP contribution in [0.5, 0.6) is 5.75 Å². The van der Waals surface area contributed by atoms with Gasteiger partial charge in [0.1, 0.15) is 17.3 Å². The molecule has 0 bridgehead atoms. The van der Waals surface area contributed by atoms with E-state index in [-0.39, 0.29) is 11.3 Å². The number of rotatable bonds is 6. The zero-order chi connectivity index (χ0) is 22.0. The molecule has 156 valence electrons. The molecule has 0 aliphatic carbocycles. The number of nitrogens with zero attached hydrogens (tertiary/aromatic N) is 1. The van der Waals surface area contributed by atoms with Crippen LogP contribution in [0.3, 0.4) is 0 Å². The van der Waals surface area contributed by atoms with Gasteiger partial charge in [-0.2, -0.15) is 0 Å². The highest BCUT2D eigenvalue weighted by molar-refractivity contribution is 6.46. The highest BCUT2D eigenvalue weighted by atomic mass is 19.1. The van der Waals surface area contributed by atoms with Crippen LogP contribution in [0, 0.1) is 5.82 Å². The average Bonchev–Trinajstić information content (AvgIpc) is 3.03. The van der Waals surface area contributed by atoms with Crippen molar-refractivity contribution < 1.29 is 18.7 Å². The predicted octanol–water partition coefficient (Wildman–Crippen LogP) is 4.79. The van der Waals surface area contributed by atoms with Crippen LogP contribution in [-0.2, 0) is 16.0 Å². The SMILES string of the molecule is CCc1ccc(N2C(=O)C(Nc3cccc(F)c3)=C(c3ccc(OC)cc3)C2=O)cc1. The number of ether oxygens (including phenoxy) is 1. The van der Waals surface area contributed by atoms with Gasteiger partial charge in [-0.3, -0.25) is 9.59 Å². The summed E-state index contributed by atoms with van der Waals surface area (Å²) in [5.41, 5.74) is 2.84. The van der Waals surface area contributed by atoms with E-state index >= 15 is 0 Å². The van der Waals surface area contributed by atoms with Gasteiger partial charge in [0, 0.05) is 5.69 Å². The molecule has 1 N–H and O–H groups in total. The molecular weight excluding hydrogens is 395 g/mol. The first-order valence-electron chi connectivity index (χ1n) is 9.91. The lowest BCUT2D eigenvalue weighted by atomic mass is 10.0. The summed E-state index contributed by atoms with van der Waals surface area (Å²) in [6.45, 7) is 2.03. The topological polar surface area (TPSA) is 58.6 Å². The molecule has 0 aromatic heterocycles. The molecule has 2 amide bonds. The molecule has 31 heavy (non-hydrogen) atoms. The maximum absolute atomic E-state index is 13.7. The maximum atomic E-state index is 13.7. The maximum Gasteiger partial charge on any atom is 0.282 e. The standard InChI is InChI=1S/C25H21FN2O3/c1-3-16-7-11-20(12-8-16)28-24(29)22(17-9-13-21(31-2)14-10-17)23(25(28)30)27-19-6-4-5-18(26)15-19/h4-15,27H,3H2,1-2H3. The van der Waals surface area contributed by atoms with E-state index in [2.05, 4.69) is 5.32 Å². The zero-order valence-corrected chi connectivity index (χ0v) is 17.2. The minimum absolute atomic E-state index is 0.0975. The van der Waals surface area contributed by atoms with Crippen molar-refractivity contribution in [2.75, 3.05) is 17.3 Å².